The lowest BCUT2D eigenvalue weighted by Gasteiger charge is -2.26. The number of aromatic nitrogens is 3. The van der Waals surface area contributed by atoms with E-state index in [1.807, 2.05) is 18.2 Å². The fraction of sp³-hybridized carbons (Fsp3) is 0.316. The zero-order chi connectivity index (χ0) is 18.8. The summed E-state index contributed by atoms with van der Waals surface area (Å²) in [6.07, 6.45) is 4.59. The third kappa shape index (κ3) is 3.43. The van der Waals surface area contributed by atoms with Crippen LogP contribution in [-0.4, -0.2) is 52.0 Å². The van der Waals surface area contributed by atoms with Gasteiger partial charge in [0.05, 0.1) is 13.2 Å². The van der Waals surface area contributed by atoms with E-state index in [0.717, 1.165) is 16.9 Å². The van der Waals surface area contributed by atoms with E-state index in [0.29, 0.717) is 36.5 Å². The van der Waals surface area contributed by atoms with Gasteiger partial charge in [-0.2, -0.15) is 5.10 Å². The molecule has 1 amide bonds. The van der Waals surface area contributed by atoms with Crippen LogP contribution in [-0.2, 0) is 12.8 Å². The number of nitrogens with one attached hydrogen (secondary N) is 1. The maximum Gasteiger partial charge on any atom is 0.272 e. The van der Waals surface area contributed by atoms with E-state index < -0.39 is 0 Å². The highest BCUT2D eigenvalue weighted by molar-refractivity contribution is 5.93. The second-order valence-electron chi connectivity index (χ2n) is 6.40. The standard InChI is InChI=1S/C19H20N4O4/c1-26-16-4-2-3-13-7-14(11-27-18(13)16)21-19(25)15-8-17-20-9-12(5-6-24)10-23(17)22-15/h2-4,8-10,14,24H,5-7,11H2,1H3,(H,21,25). The van der Waals surface area contributed by atoms with E-state index >= 15 is 0 Å². The molecule has 1 unspecified atom stereocenters. The number of ether oxygens (including phenoxy) is 2. The number of carbonyl (C=O) groups excluding carboxylic acids is 1. The number of para-hydroxylation sites is 1. The summed E-state index contributed by atoms with van der Waals surface area (Å²) in [5, 5.41) is 16.3. The first-order valence-corrected chi connectivity index (χ1v) is 8.72. The van der Waals surface area contributed by atoms with Crippen LogP contribution in [0.5, 0.6) is 11.5 Å². The number of amides is 1. The maximum atomic E-state index is 12.6. The van der Waals surface area contributed by atoms with Crippen molar-refractivity contribution >= 4 is 11.6 Å². The molecule has 0 spiro atoms. The first kappa shape index (κ1) is 17.3. The third-order valence-corrected chi connectivity index (χ3v) is 4.51. The molecule has 2 N–H and O–H groups in total. The van der Waals surface area contributed by atoms with Gasteiger partial charge in [0.15, 0.2) is 22.8 Å². The van der Waals surface area contributed by atoms with Gasteiger partial charge in [0.25, 0.3) is 5.91 Å². The molecule has 1 aliphatic rings. The molecule has 8 nitrogen and oxygen atoms in total. The summed E-state index contributed by atoms with van der Waals surface area (Å²) < 4.78 is 12.7. The summed E-state index contributed by atoms with van der Waals surface area (Å²) in [6, 6.07) is 7.21. The summed E-state index contributed by atoms with van der Waals surface area (Å²) in [7, 11) is 1.61. The van der Waals surface area contributed by atoms with Gasteiger partial charge in [0, 0.05) is 30.6 Å². The molecule has 27 heavy (non-hydrogen) atoms. The van der Waals surface area contributed by atoms with Crippen molar-refractivity contribution < 1.29 is 19.4 Å². The molecule has 0 fully saturated rings. The van der Waals surface area contributed by atoms with Gasteiger partial charge in [-0.15, -0.1) is 0 Å². The minimum absolute atomic E-state index is 0.0374. The summed E-state index contributed by atoms with van der Waals surface area (Å²) in [5.74, 6) is 1.16. The lowest BCUT2D eigenvalue weighted by Crippen LogP contribution is -2.42. The Balaban J connectivity index is 1.48. The quantitative estimate of drug-likeness (QED) is 0.697. The minimum Gasteiger partial charge on any atom is -0.493 e. The largest absolute Gasteiger partial charge is 0.493 e. The molecule has 1 aliphatic heterocycles. The lowest BCUT2D eigenvalue weighted by atomic mass is 10.0. The zero-order valence-corrected chi connectivity index (χ0v) is 14.9. The molecule has 8 heteroatoms. The van der Waals surface area contributed by atoms with Gasteiger partial charge in [-0.1, -0.05) is 12.1 Å². The summed E-state index contributed by atoms with van der Waals surface area (Å²) >= 11 is 0. The minimum atomic E-state index is -0.274. The molecule has 3 aromatic rings. The second-order valence-corrected chi connectivity index (χ2v) is 6.40. The van der Waals surface area contributed by atoms with Crippen molar-refractivity contribution in [3.63, 3.8) is 0 Å². The Hall–Kier alpha value is -3.13. The first-order chi connectivity index (χ1) is 13.2. The number of hydrogen-bond acceptors (Lipinski definition) is 6. The number of aliphatic hydroxyl groups is 1. The van der Waals surface area contributed by atoms with Crippen LogP contribution in [0, 0.1) is 0 Å². The number of carbonyl (C=O) groups is 1. The fourth-order valence-electron chi connectivity index (χ4n) is 3.19. The predicted molar refractivity (Wildman–Crippen MR) is 97.2 cm³/mol. The number of benzene rings is 1. The van der Waals surface area contributed by atoms with Gasteiger partial charge in [0.1, 0.15) is 6.61 Å². The van der Waals surface area contributed by atoms with Gasteiger partial charge >= 0.3 is 0 Å². The van der Waals surface area contributed by atoms with E-state index in [1.54, 1.807) is 30.1 Å². The average Bonchev–Trinajstić information content (AvgIpc) is 3.11. The Bertz CT molecular complexity index is 985. The van der Waals surface area contributed by atoms with Crippen molar-refractivity contribution in [3.8, 4) is 11.5 Å². The smallest absolute Gasteiger partial charge is 0.272 e. The summed E-state index contributed by atoms with van der Waals surface area (Å²) in [6.45, 7) is 0.404. The van der Waals surface area contributed by atoms with Crippen LogP contribution in [0.4, 0.5) is 0 Å². The molecule has 0 saturated carbocycles. The Morgan fingerprint density at radius 1 is 1.48 bits per heavy atom. The number of aliphatic hydroxyl groups excluding tert-OH is 1. The molecule has 0 radical (unpaired) electrons. The topological polar surface area (TPSA) is 98.0 Å². The highest BCUT2D eigenvalue weighted by Gasteiger charge is 2.25. The van der Waals surface area contributed by atoms with Crippen molar-refractivity contribution in [2.75, 3.05) is 20.3 Å². The second kappa shape index (κ2) is 7.24. The number of rotatable bonds is 5. The number of nitrogens with zero attached hydrogens (tertiary/aromatic N) is 3. The highest BCUT2D eigenvalue weighted by Crippen LogP contribution is 2.34. The number of fused-ring (bicyclic) bond motifs is 2. The molecule has 0 saturated heterocycles. The molecule has 2 aromatic heterocycles. The highest BCUT2D eigenvalue weighted by atomic mass is 16.5. The maximum absolute atomic E-state index is 12.6. The van der Waals surface area contributed by atoms with Gasteiger partial charge in [-0.05, 0) is 24.5 Å². The Morgan fingerprint density at radius 2 is 2.37 bits per heavy atom. The van der Waals surface area contributed by atoms with Crippen LogP contribution in [0.3, 0.4) is 0 Å². The molecule has 1 atom stereocenters. The summed E-state index contributed by atoms with van der Waals surface area (Å²) in [4.78, 5) is 16.9. The fourth-order valence-corrected chi connectivity index (χ4v) is 3.19. The van der Waals surface area contributed by atoms with Gasteiger partial charge in [-0.3, -0.25) is 4.79 Å². The van der Waals surface area contributed by atoms with Gasteiger partial charge in [0.2, 0.25) is 0 Å². The van der Waals surface area contributed by atoms with E-state index in [4.69, 9.17) is 14.6 Å². The Kier molecular flexibility index (Phi) is 4.64. The molecule has 3 heterocycles. The van der Waals surface area contributed by atoms with Crippen LogP contribution in [0.1, 0.15) is 21.6 Å². The number of hydrogen-bond donors (Lipinski definition) is 2. The van der Waals surface area contributed by atoms with E-state index in [2.05, 4.69) is 15.4 Å². The number of methoxy groups -OCH3 is 1. The van der Waals surface area contributed by atoms with Gasteiger partial charge in [-0.25, -0.2) is 9.50 Å². The average molecular weight is 368 g/mol. The van der Waals surface area contributed by atoms with E-state index in [1.165, 1.54) is 0 Å². The van der Waals surface area contributed by atoms with E-state index in [-0.39, 0.29) is 18.6 Å². The van der Waals surface area contributed by atoms with Crippen LogP contribution in [0.2, 0.25) is 0 Å². The lowest BCUT2D eigenvalue weighted by molar-refractivity contribution is 0.0909. The molecule has 0 bridgehead atoms. The van der Waals surface area contributed by atoms with E-state index in [9.17, 15) is 4.79 Å². The van der Waals surface area contributed by atoms with Crippen molar-refractivity contribution in [2.45, 2.75) is 18.9 Å². The van der Waals surface area contributed by atoms with Gasteiger partial charge < -0.3 is 19.9 Å². The molecule has 4 rings (SSSR count). The van der Waals surface area contributed by atoms with Crippen LogP contribution >= 0.6 is 0 Å². The van der Waals surface area contributed by atoms with Crippen molar-refractivity contribution in [3.05, 3.63) is 53.5 Å². The Labute approximate surface area is 155 Å². The van der Waals surface area contributed by atoms with Crippen molar-refractivity contribution in [1.29, 1.82) is 0 Å². The third-order valence-electron chi connectivity index (χ3n) is 4.51. The van der Waals surface area contributed by atoms with Crippen LogP contribution in [0.25, 0.3) is 5.65 Å². The van der Waals surface area contributed by atoms with Crippen molar-refractivity contribution in [2.24, 2.45) is 0 Å². The molecular formula is C19H20N4O4. The molecule has 0 aliphatic carbocycles. The molecule has 140 valence electrons. The van der Waals surface area contributed by atoms with Crippen LogP contribution < -0.4 is 14.8 Å². The monoisotopic (exact) mass is 368 g/mol. The SMILES string of the molecule is COc1cccc2c1OCC(NC(=O)c1cc3ncc(CCO)cn3n1)C2. The molecule has 1 aromatic carbocycles. The van der Waals surface area contributed by atoms with Crippen molar-refractivity contribution in [1.82, 2.24) is 19.9 Å². The Morgan fingerprint density at radius 3 is 3.19 bits per heavy atom. The zero-order valence-electron chi connectivity index (χ0n) is 14.9. The summed E-state index contributed by atoms with van der Waals surface area (Å²) in [5.41, 5.74) is 2.72. The first-order valence-electron chi connectivity index (χ1n) is 8.72. The predicted octanol–water partition coefficient (Wildman–Crippen LogP) is 1.01. The van der Waals surface area contributed by atoms with Crippen LogP contribution in [0.15, 0.2) is 36.7 Å². The molecular weight excluding hydrogens is 348 g/mol. The normalized spacial score (nSPS) is 15.9.